The van der Waals surface area contributed by atoms with Crippen LogP contribution in [0.5, 0.6) is 0 Å². The van der Waals surface area contributed by atoms with Crippen LogP contribution < -0.4 is 10.6 Å². The summed E-state index contributed by atoms with van der Waals surface area (Å²) in [6, 6.07) is 0.503. The lowest BCUT2D eigenvalue weighted by atomic mass is 10.1. The summed E-state index contributed by atoms with van der Waals surface area (Å²) in [6.45, 7) is 8.34. The monoisotopic (exact) mass is 356 g/mol. The molecule has 2 saturated heterocycles. The van der Waals surface area contributed by atoms with Crippen LogP contribution in [0.2, 0.25) is 0 Å². The van der Waals surface area contributed by atoms with E-state index in [1.807, 2.05) is 7.05 Å². The minimum atomic E-state index is 0.503. The van der Waals surface area contributed by atoms with Gasteiger partial charge in [0.2, 0.25) is 0 Å². The van der Waals surface area contributed by atoms with Crippen molar-refractivity contribution in [1.29, 1.82) is 0 Å². The summed E-state index contributed by atoms with van der Waals surface area (Å²) in [7, 11) is 3.60. The van der Waals surface area contributed by atoms with E-state index < -0.39 is 0 Å². The van der Waals surface area contributed by atoms with Gasteiger partial charge in [0, 0.05) is 65.5 Å². The second-order valence-electron chi connectivity index (χ2n) is 6.91. The highest BCUT2D eigenvalue weighted by molar-refractivity contribution is 5.79. The van der Waals surface area contributed by atoms with Crippen molar-refractivity contribution in [3.8, 4) is 0 Å². The smallest absolute Gasteiger partial charge is 0.191 e. The Hall–Kier alpha value is -0.890. The summed E-state index contributed by atoms with van der Waals surface area (Å²) >= 11 is 0. The Morgan fingerprint density at radius 2 is 2.08 bits per heavy atom. The van der Waals surface area contributed by atoms with Crippen molar-refractivity contribution < 1.29 is 14.2 Å². The van der Waals surface area contributed by atoms with E-state index in [0.29, 0.717) is 12.0 Å². The van der Waals surface area contributed by atoms with Crippen LogP contribution in [0, 0.1) is 5.92 Å². The van der Waals surface area contributed by atoms with E-state index >= 15 is 0 Å². The van der Waals surface area contributed by atoms with Gasteiger partial charge >= 0.3 is 0 Å². The van der Waals surface area contributed by atoms with Gasteiger partial charge in [0.05, 0.1) is 19.8 Å². The molecule has 2 aliphatic heterocycles. The average molecular weight is 357 g/mol. The van der Waals surface area contributed by atoms with Gasteiger partial charge in [-0.15, -0.1) is 0 Å². The van der Waals surface area contributed by atoms with Crippen LogP contribution in [0.1, 0.15) is 25.7 Å². The summed E-state index contributed by atoms with van der Waals surface area (Å²) in [5.74, 6) is 1.50. The Balaban J connectivity index is 1.49. The van der Waals surface area contributed by atoms with E-state index in [4.69, 9.17) is 14.2 Å². The van der Waals surface area contributed by atoms with Gasteiger partial charge in [-0.05, 0) is 25.7 Å². The number of aliphatic imine (C=N–C) groups is 1. The molecular weight excluding hydrogens is 320 g/mol. The minimum absolute atomic E-state index is 0.503. The number of likely N-dealkylation sites (tertiary alicyclic amines) is 1. The highest BCUT2D eigenvalue weighted by atomic mass is 16.5. The van der Waals surface area contributed by atoms with Crippen LogP contribution in [0.25, 0.3) is 0 Å². The van der Waals surface area contributed by atoms with Crippen molar-refractivity contribution in [2.75, 3.05) is 73.4 Å². The van der Waals surface area contributed by atoms with E-state index in [-0.39, 0.29) is 0 Å². The molecule has 7 nitrogen and oxygen atoms in total. The van der Waals surface area contributed by atoms with Crippen molar-refractivity contribution in [2.24, 2.45) is 10.9 Å². The van der Waals surface area contributed by atoms with Crippen molar-refractivity contribution >= 4 is 5.96 Å². The first-order valence-electron chi connectivity index (χ1n) is 9.65. The van der Waals surface area contributed by atoms with Crippen molar-refractivity contribution in [1.82, 2.24) is 15.5 Å². The Kier molecular flexibility index (Phi) is 10.2. The number of piperidine rings is 1. The van der Waals surface area contributed by atoms with Gasteiger partial charge in [0.15, 0.2) is 5.96 Å². The van der Waals surface area contributed by atoms with Crippen molar-refractivity contribution in [2.45, 2.75) is 31.7 Å². The van der Waals surface area contributed by atoms with Crippen LogP contribution in [0.4, 0.5) is 0 Å². The number of nitrogens with zero attached hydrogens (tertiary/aromatic N) is 2. The van der Waals surface area contributed by atoms with Gasteiger partial charge in [-0.25, -0.2) is 0 Å². The number of rotatable bonds is 10. The Labute approximate surface area is 152 Å². The highest BCUT2D eigenvalue weighted by Gasteiger charge is 2.19. The molecule has 0 saturated carbocycles. The zero-order valence-corrected chi connectivity index (χ0v) is 16.0. The first-order valence-corrected chi connectivity index (χ1v) is 9.65. The molecule has 0 aromatic heterocycles. The molecule has 0 amide bonds. The molecule has 7 heteroatoms. The first-order chi connectivity index (χ1) is 12.3. The van der Waals surface area contributed by atoms with Crippen molar-refractivity contribution in [3.05, 3.63) is 0 Å². The molecule has 1 unspecified atom stereocenters. The van der Waals surface area contributed by atoms with Crippen LogP contribution in [0.15, 0.2) is 4.99 Å². The fraction of sp³-hybridized carbons (Fsp3) is 0.944. The number of nitrogens with one attached hydrogen (secondary N) is 2. The van der Waals surface area contributed by atoms with E-state index in [1.165, 1.54) is 0 Å². The molecule has 2 N–H and O–H groups in total. The third-order valence-electron chi connectivity index (χ3n) is 4.90. The zero-order valence-electron chi connectivity index (χ0n) is 16.0. The SMILES string of the molecule is CN=C(NCCCOCC1CCOC1)NC1CCN(CCOC)CC1. The molecule has 2 fully saturated rings. The number of guanidine groups is 1. The number of hydrogen-bond acceptors (Lipinski definition) is 5. The van der Waals surface area contributed by atoms with Crippen LogP contribution in [-0.4, -0.2) is 90.3 Å². The molecule has 25 heavy (non-hydrogen) atoms. The molecule has 0 radical (unpaired) electrons. The molecule has 1 atom stereocenters. The maximum atomic E-state index is 5.73. The lowest BCUT2D eigenvalue weighted by molar-refractivity contribution is 0.0887. The van der Waals surface area contributed by atoms with E-state index in [2.05, 4.69) is 20.5 Å². The second-order valence-corrected chi connectivity index (χ2v) is 6.91. The largest absolute Gasteiger partial charge is 0.383 e. The quantitative estimate of drug-likeness (QED) is 0.341. The molecule has 2 rings (SSSR count). The zero-order chi connectivity index (χ0) is 17.7. The summed E-state index contributed by atoms with van der Waals surface area (Å²) in [6.07, 6.45) is 4.43. The van der Waals surface area contributed by atoms with Gasteiger partial charge in [0.25, 0.3) is 0 Å². The number of methoxy groups -OCH3 is 1. The molecular formula is C18H36N4O3. The normalized spacial score (nSPS) is 23.1. The lowest BCUT2D eigenvalue weighted by Gasteiger charge is -2.32. The van der Waals surface area contributed by atoms with Gasteiger partial charge in [-0.2, -0.15) is 0 Å². The molecule has 0 aliphatic carbocycles. The summed E-state index contributed by atoms with van der Waals surface area (Å²) in [4.78, 5) is 6.80. The number of ether oxygens (including phenoxy) is 3. The molecule has 2 aliphatic rings. The number of hydrogen-bond donors (Lipinski definition) is 2. The van der Waals surface area contributed by atoms with Gasteiger partial charge < -0.3 is 29.7 Å². The maximum Gasteiger partial charge on any atom is 0.191 e. The molecule has 0 aromatic rings. The van der Waals surface area contributed by atoms with E-state index in [1.54, 1.807) is 7.11 Å². The first kappa shape index (κ1) is 20.4. The van der Waals surface area contributed by atoms with E-state index in [9.17, 15) is 0 Å². The fourth-order valence-electron chi connectivity index (χ4n) is 3.26. The van der Waals surface area contributed by atoms with Gasteiger partial charge in [-0.3, -0.25) is 4.99 Å². The highest BCUT2D eigenvalue weighted by Crippen LogP contribution is 2.12. The Morgan fingerprint density at radius 1 is 1.24 bits per heavy atom. The lowest BCUT2D eigenvalue weighted by Crippen LogP contribution is -2.49. The summed E-state index contributed by atoms with van der Waals surface area (Å²) in [5.41, 5.74) is 0. The molecule has 0 bridgehead atoms. The molecule has 0 spiro atoms. The molecule has 146 valence electrons. The second kappa shape index (κ2) is 12.5. The van der Waals surface area contributed by atoms with Crippen LogP contribution in [0.3, 0.4) is 0 Å². The van der Waals surface area contributed by atoms with Crippen LogP contribution >= 0.6 is 0 Å². The summed E-state index contributed by atoms with van der Waals surface area (Å²) in [5, 5.41) is 6.93. The van der Waals surface area contributed by atoms with Crippen LogP contribution in [-0.2, 0) is 14.2 Å². The Morgan fingerprint density at radius 3 is 2.76 bits per heavy atom. The Bertz CT molecular complexity index is 367. The standard InChI is InChI=1S/C18H36N4O3/c1-19-18(20-7-3-11-24-14-16-6-12-25-15-16)21-17-4-8-22(9-5-17)10-13-23-2/h16-17H,3-15H2,1-2H3,(H2,19,20,21). The third-order valence-corrected chi connectivity index (χ3v) is 4.90. The average Bonchev–Trinajstić information content (AvgIpc) is 3.16. The summed E-state index contributed by atoms with van der Waals surface area (Å²) < 4.78 is 16.2. The van der Waals surface area contributed by atoms with Gasteiger partial charge in [0.1, 0.15) is 0 Å². The fourth-order valence-corrected chi connectivity index (χ4v) is 3.26. The van der Waals surface area contributed by atoms with Gasteiger partial charge in [-0.1, -0.05) is 0 Å². The van der Waals surface area contributed by atoms with E-state index in [0.717, 1.165) is 90.9 Å². The molecule has 0 aromatic carbocycles. The molecule has 2 heterocycles. The topological polar surface area (TPSA) is 67.4 Å². The minimum Gasteiger partial charge on any atom is -0.383 e. The predicted molar refractivity (Wildman–Crippen MR) is 100 cm³/mol. The third kappa shape index (κ3) is 8.35. The maximum absolute atomic E-state index is 5.73. The predicted octanol–water partition coefficient (Wildman–Crippen LogP) is 0.705. The van der Waals surface area contributed by atoms with Crippen molar-refractivity contribution in [3.63, 3.8) is 0 Å².